The summed E-state index contributed by atoms with van der Waals surface area (Å²) in [5.41, 5.74) is 13.1. The van der Waals surface area contributed by atoms with Crippen LogP contribution < -0.4 is 0 Å². The third-order valence-electron chi connectivity index (χ3n) is 7.65. The molecule has 0 radical (unpaired) electrons. The van der Waals surface area contributed by atoms with Crippen LogP contribution in [0.3, 0.4) is 0 Å². The molecule has 5 aromatic carbocycles. The highest BCUT2D eigenvalue weighted by atomic mass is 16.3. The van der Waals surface area contributed by atoms with Crippen molar-refractivity contribution in [2.24, 2.45) is 0 Å². The summed E-state index contributed by atoms with van der Waals surface area (Å²) in [7, 11) is 0. The molecular weight excluding hydrogens is 488 g/mol. The van der Waals surface area contributed by atoms with Gasteiger partial charge < -0.3 is 8.83 Å². The van der Waals surface area contributed by atoms with E-state index in [1.807, 2.05) is 0 Å². The van der Waals surface area contributed by atoms with E-state index in [1.54, 1.807) is 0 Å². The van der Waals surface area contributed by atoms with E-state index in [1.165, 1.54) is 43.8 Å². The molecule has 7 aromatic rings. The molecule has 40 heavy (non-hydrogen) atoms. The Kier molecular flexibility index (Phi) is 5.71. The molecule has 0 spiro atoms. The lowest BCUT2D eigenvalue weighted by molar-refractivity contribution is 0.667. The molecule has 0 N–H and O–H groups in total. The molecule has 2 aromatic heterocycles. The summed E-state index contributed by atoms with van der Waals surface area (Å²) in [6.07, 6.45) is 8.62. The summed E-state index contributed by atoms with van der Waals surface area (Å²) in [4.78, 5) is 0. The Labute approximate surface area is 233 Å². The molecule has 2 heterocycles. The third-order valence-corrected chi connectivity index (χ3v) is 7.65. The largest absolute Gasteiger partial charge is 0.455 e. The number of rotatable bonds is 4. The lowest BCUT2D eigenvalue weighted by atomic mass is 10.0. The van der Waals surface area contributed by atoms with Crippen LogP contribution in [-0.2, 0) is 0 Å². The van der Waals surface area contributed by atoms with Crippen molar-refractivity contribution in [2.45, 2.75) is 27.7 Å². The van der Waals surface area contributed by atoms with E-state index in [-0.39, 0.29) is 0 Å². The fraction of sp³-hybridized carbons (Fsp3) is 0.105. The SMILES string of the molecule is Cc1ccc2oc3c(C=Cc4ccc(C=Cc5cc(C)cc6c5oc5ccc(C)cc56)cc4)cc(C)cc3c2c1. The van der Waals surface area contributed by atoms with E-state index in [0.717, 1.165) is 44.6 Å². The van der Waals surface area contributed by atoms with Gasteiger partial charge in [0.25, 0.3) is 0 Å². The van der Waals surface area contributed by atoms with Gasteiger partial charge in [-0.15, -0.1) is 0 Å². The second-order valence-electron chi connectivity index (χ2n) is 11.0. The van der Waals surface area contributed by atoms with Gasteiger partial charge >= 0.3 is 0 Å². The van der Waals surface area contributed by atoms with Gasteiger partial charge in [0.15, 0.2) is 0 Å². The predicted molar refractivity (Wildman–Crippen MR) is 171 cm³/mol. The zero-order valence-corrected chi connectivity index (χ0v) is 23.2. The van der Waals surface area contributed by atoms with Crippen molar-refractivity contribution < 1.29 is 8.83 Å². The predicted octanol–water partition coefficient (Wildman–Crippen LogP) is 11.1. The van der Waals surface area contributed by atoms with Crippen LogP contribution in [0.15, 0.2) is 93.8 Å². The van der Waals surface area contributed by atoms with E-state index in [9.17, 15) is 0 Å². The molecule has 0 unspecified atom stereocenters. The number of benzene rings is 5. The fourth-order valence-corrected chi connectivity index (χ4v) is 5.67. The Hall–Kier alpha value is -4.82. The number of furan rings is 2. The first-order chi connectivity index (χ1) is 19.4. The molecular formula is C38H30O2. The molecule has 2 nitrogen and oxygen atoms in total. The van der Waals surface area contributed by atoms with E-state index in [2.05, 4.69) is 137 Å². The lowest BCUT2D eigenvalue weighted by Crippen LogP contribution is -1.80. The van der Waals surface area contributed by atoms with Crippen LogP contribution in [-0.4, -0.2) is 0 Å². The van der Waals surface area contributed by atoms with Crippen LogP contribution in [0.1, 0.15) is 44.5 Å². The standard InChI is InChI=1S/C38H30O2/c1-23-5-15-35-31(19-23)33-21-25(3)17-29(37(33)39-35)13-11-27-7-9-28(10-8-27)12-14-30-18-26(4)22-34-32-20-24(2)6-16-36(32)40-38(30)34/h5-22H,1-4H3. The molecule has 0 aliphatic carbocycles. The van der Waals surface area contributed by atoms with E-state index in [4.69, 9.17) is 8.83 Å². The second-order valence-corrected chi connectivity index (χ2v) is 11.0. The second kappa shape index (κ2) is 9.43. The Balaban J connectivity index is 1.18. The topological polar surface area (TPSA) is 26.3 Å². The summed E-state index contributed by atoms with van der Waals surface area (Å²) in [6.45, 7) is 8.52. The summed E-state index contributed by atoms with van der Waals surface area (Å²) in [5.74, 6) is 0. The van der Waals surface area contributed by atoms with Crippen molar-refractivity contribution >= 4 is 68.2 Å². The van der Waals surface area contributed by atoms with Crippen LogP contribution in [0.4, 0.5) is 0 Å². The van der Waals surface area contributed by atoms with Gasteiger partial charge in [0.1, 0.15) is 22.3 Å². The molecule has 2 heteroatoms. The zero-order valence-electron chi connectivity index (χ0n) is 23.2. The minimum Gasteiger partial charge on any atom is -0.455 e. The number of hydrogen-bond acceptors (Lipinski definition) is 2. The monoisotopic (exact) mass is 518 g/mol. The fourth-order valence-electron chi connectivity index (χ4n) is 5.67. The maximum atomic E-state index is 6.27. The Morgan fingerprint density at radius 3 is 1.23 bits per heavy atom. The average molecular weight is 519 g/mol. The van der Waals surface area contributed by atoms with Crippen LogP contribution in [0.5, 0.6) is 0 Å². The highest BCUT2D eigenvalue weighted by Gasteiger charge is 2.12. The van der Waals surface area contributed by atoms with Gasteiger partial charge in [-0.05, 0) is 98.5 Å². The summed E-state index contributed by atoms with van der Waals surface area (Å²) < 4.78 is 12.5. The average Bonchev–Trinajstić information content (AvgIpc) is 3.49. The van der Waals surface area contributed by atoms with Crippen molar-refractivity contribution in [1.29, 1.82) is 0 Å². The molecule has 0 aliphatic heterocycles. The van der Waals surface area contributed by atoms with Gasteiger partial charge in [0, 0.05) is 32.7 Å². The maximum Gasteiger partial charge on any atom is 0.142 e. The van der Waals surface area contributed by atoms with Crippen LogP contribution >= 0.6 is 0 Å². The van der Waals surface area contributed by atoms with Crippen molar-refractivity contribution in [3.05, 3.63) is 129 Å². The highest BCUT2D eigenvalue weighted by molar-refractivity contribution is 6.09. The van der Waals surface area contributed by atoms with E-state index < -0.39 is 0 Å². The van der Waals surface area contributed by atoms with Crippen LogP contribution in [0.2, 0.25) is 0 Å². The van der Waals surface area contributed by atoms with Crippen molar-refractivity contribution in [2.75, 3.05) is 0 Å². The molecule has 7 rings (SSSR count). The van der Waals surface area contributed by atoms with Gasteiger partial charge in [-0.3, -0.25) is 0 Å². The van der Waals surface area contributed by atoms with Crippen molar-refractivity contribution in [1.82, 2.24) is 0 Å². The quantitative estimate of drug-likeness (QED) is 0.217. The summed E-state index contributed by atoms with van der Waals surface area (Å²) in [5, 5.41) is 4.69. The number of aryl methyl sites for hydroxylation is 4. The molecule has 194 valence electrons. The van der Waals surface area contributed by atoms with Crippen LogP contribution in [0, 0.1) is 27.7 Å². The first-order valence-electron chi connectivity index (χ1n) is 13.7. The highest BCUT2D eigenvalue weighted by Crippen LogP contribution is 2.35. The van der Waals surface area contributed by atoms with Gasteiger partial charge in [-0.2, -0.15) is 0 Å². The Bertz CT molecular complexity index is 1970. The van der Waals surface area contributed by atoms with E-state index >= 15 is 0 Å². The van der Waals surface area contributed by atoms with Gasteiger partial charge in [0.2, 0.25) is 0 Å². The minimum atomic E-state index is 0.931. The minimum absolute atomic E-state index is 0.931. The molecule has 0 aliphatic rings. The van der Waals surface area contributed by atoms with Gasteiger partial charge in [-0.25, -0.2) is 0 Å². The molecule has 0 saturated carbocycles. The Morgan fingerprint density at radius 1 is 0.400 bits per heavy atom. The van der Waals surface area contributed by atoms with Crippen molar-refractivity contribution in [3.8, 4) is 0 Å². The Morgan fingerprint density at radius 2 is 0.800 bits per heavy atom. The first kappa shape index (κ1) is 24.2. The normalized spacial score (nSPS) is 12.3. The smallest absolute Gasteiger partial charge is 0.142 e. The summed E-state index contributed by atoms with van der Waals surface area (Å²) in [6, 6.07) is 30.2. The molecule has 0 atom stereocenters. The molecule has 0 saturated heterocycles. The first-order valence-corrected chi connectivity index (χ1v) is 13.7. The third kappa shape index (κ3) is 4.32. The van der Waals surface area contributed by atoms with Crippen molar-refractivity contribution in [3.63, 3.8) is 0 Å². The zero-order chi connectivity index (χ0) is 27.4. The van der Waals surface area contributed by atoms with E-state index in [0.29, 0.717) is 0 Å². The number of fused-ring (bicyclic) bond motifs is 6. The molecule has 0 fully saturated rings. The van der Waals surface area contributed by atoms with Gasteiger partial charge in [-0.1, -0.05) is 71.8 Å². The molecule has 0 amide bonds. The molecule has 0 bridgehead atoms. The van der Waals surface area contributed by atoms with Crippen LogP contribution in [0.25, 0.3) is 68.2 Å². The van der Waals surface area contributed by atoms with Gasteiger partial charge in [0.05, 0.1) is 0 Å². The lowest BCUT2D eigenvalue weighted by Gasteiger charge is -2.01. The summed E-state index contributed by atoms with van der Waals surface area (Å²) >= 11 is 0. The maximum absolute atomic E-state index is 6.27. The number of hydrogen-bond donors (Lipinski definition) is 0.